The van der Waals surface area contributed by atoms with Crippen LogP contribution in [-0.2, 0) is 4.79 Å². The van der Waals surface area contributed by atoms with Crippen LogP contribution in [-0.4, -0.2) is 5.91 Å². The van der Waals surface area contributed by atoms with Crippen molar-refractivity contribution in [2.75, 3.05) is 5.32 Å². The summed E-state index contributed by atoms with van der Waals surface area (Å²) >= 11 is 9.27. The molecule has 1 N–H and O–H groups in total. The third-order valence-electron chi connectivity index (χ3n) is 3.24. The number of rotatable bonds is 2. The molecular weight excluding hydrogens is 316 g/mol. The van der Waals surface area contributed by atoms with Crippen molar-refractivity contribution in [2.45, 2.75) is 19.8 Å². The van der Waals surface area contributed by atoms with Crippen molar-refractivity contribution in [3.8, 4) is 6.07 Å². The Bertz CT molecular complexity index is 532. The monoisotopic (exact) mass is 326 g/mol. The van der Waals surface area contributed by atoms with Gasteiger partial charge in [-0.25, -0.2) is 0 Å². The summed E-state index contributed by atoms with van der Waals surface area (Å²) in [5, 5.41) is 12.5. The first-order valence-corrected chi connectivity index (χ1v) is 6.82. The van der Waals surface area contributed by atoms with Crippen LogP contribution in [0, 0.1) is 22.7 Å². The second kappa shape index (κ2) is 4.91. The number of nitriles is 1. The number of carbonyl (C=O) groups is 1. The van der Waals surface area contributed by atoms with E-state index < -0.39 is 5.41 Å². The Hall–Kier alpha value is -1.05. The molecule has 0 aromatic heterocycles. The van der Waals surface area contributed by atoms with E-state index >= 15 is 0 Å². The zero-order chi connectivity index (χ0) is 13.3. The van der Waals surface area contributed by atoms with Gasteiger partial charge in [-0.05, 0) is 46.8 Å². The van der Waals surface area contributed by atoms with Gasteiger partial charge in [0.15, 0.2) is 0 Å². The Morgan fingerprint density at radius 2 is 2.28 bits per heavy atom. The molecule has 1 aromatic rings. The first-order valence-electron chi connectivity index (χ1n) is 5.65. The predicted molar refractivity (Wildman–Crippen MR) is 74.2 cm³/mol. The summed E-state index contributed by atoms with van der Waals surface area (Å²) in [6.07, 6.45) is 1.24. The molecule has 2 rings (SSSR count). The van der Waals surface area contributed by atoms with E-state index in [2.05, 4.69) is 27.3 Å². The van der Waals surface area contributed by atoms with Crippen LogP contribution in [0.1, 0.15) is 19.8 Å². The van der Waals surface area contributed by atoms with Gasteiger partial charge < -0.3 is 5.32 Å². The van der Waals surface area contributed by atoms with Crippen molar-refractivity contribution >= 4 is 39.1 Å². The molecule has 1 amide bonds. The van der Waals surface area contributed by atoms with E-state index in [0.29, 0.717) is 33.9 Å². The third-order valence-corrected chi connectivity index (χ3v) is 4.64. The number of carbonyl (C=O) groups excluding carboxylic acids is 1. The summed E-state index contributed by atoms with van der Waals surface area (Å²) in [6.45, 7) is 2.04. The van der Waals surface area contributed by atoms with E-state index in [0.717, 1.165) is 0 Å². The minimum atomic E-state index is -0.874. The number of nitrogens with zero attached hydrogens (tertiary/aromatic N) is 1. The number of benzene rings is 1. The zero-order valence-corrected chi connectivity index (χ0v) is 12.2. The summed E-state index contributed by atoms with van der Waals surface area (Å²) in [5.41, 5.74) is -0.275. The van der Waals surface area contributed by atoms with Crippen molar-refractivity contribution in [1.29, 1.82) is 5.26 Å². The maximum atomic E-state index is 12.2. The lowest BCUT2D eigenvalue weighted by atomic mass is 9.63. The molecule has 0 aliphatic heterocycles. The van der Waals surface area contributed by atoms with Gasteiger partial charge in [0.1, 0.15) is 5.41 Å². The Labute approximate surface area is 119 Å². The van der Waals surface area contributed by atoms with Crippen LogP contribution in [0.3, 0.4) is 0 Å². The molecular formula is C13H12BrClN2O. The molecule has 0 unspecified atom stereocenters. The fourth-order valence-electron chi connectivity index (χ4n) is 2.30. The lowest BCUT2D eigenvalue weighted by molar-refractivity contribution is -0.128. The number of halogens is 2. The largest absolute Gasteiger partial charge is 0.324 e. The lowest BCUT2D eigenvalue weighted by Crippen LogP contribution is -2.45. The van der Waals surface area contributed by atoms with Gasteiger partial charge in [0.05, 0.1) is 21.3 Å². The van der Waals surface area contributed by atoms with E-state index in [1.807, 2.05) is 6.92 Å². The first-order chi connectivity index (χ1) is 8.48. The molecule has 1 saturated carbocycles. The van der Waals surface area contributed by atoms with Crippen molar-refractivity contribution in [3.05, 3.63) is 27.7 Å². The van der Waals surface area contributed by atoms with Crippen LogP contribution in [0.25, 0.3) is 0 Å². The van der Waals surface area contributed by atoms with Crippen LogP contribution in [0.15, 0.2) is 22.7 Å². The van der Waals surface area contributed by atoms with Crippen LogP contribution in [0.5, 0.6) is 0 Å². The number of hydrogen-bond donors (Lipinski definition) is 1. The first kappa shape index (κ1) is 13.4. The highest BCUT2D eigenvalue weighted by Crippen LogP contribution is 2.46. The third kappa shape index (κ3) is 2.25. The highest BCUT2D eigenvalue weighted by Gasteiger charge is 2.49. The summed E-state index contributed by atoms with van der Waals surface area (Å²) in [7, 11) is 0. The lowest BCUT2D eigenvalue weighted by Gasteiger charge is -2.39. The smallest absolute Gasteiger partial charge is 0.244 e. The van der Waals surface area contributed by atoms with Gasteiger partial charge in [-0.3, -0.25) is 4.79 Å². The van der Waals surface area contributed by atoms with Gasteiger partial charge >= 0.3 is 0 Å². The van der Waals surface area contributed by atoms with Crippen LogP contribution in [0.4, 0.5) is 5.69 Å². The quantitative estimate of drug-likeness (QED) is 0.893. The molecule has 0 bridgehead atoms. The summed E-state index contributed by atoms with van der Waals surface area (Å²) in [6, 6.07) is 7.37. The fraction of sp³-hybridized carbons (Fsp3) is 0.385. The van der Waals surface area contributed by atoms with E-state index in [1.165, 1.54) is 0 Å². The highest BCUT2D eigenvalue weighted by molar-refractivity contribution is 9.10. The number of amides is 1. The van der Waals surface area contributed by atoms with Crippen molar-refractivity contribution in [1.82, 2.24) is 0 Å². The molecule has 1 aliphatic carbocycles. The molecule has 94 valence electrons. The maximum Gasteiger partial charge on any atom is 0.244 e. The van der Waals surface area contributed by atoms with E-state index in [9.17, 15) is 10.1 Å². The SMILES string of the molecule is CC1CC(C#N)(C(=O)Nc2cccc(Cl)c2Br)C1. The number of hydrogen-bond acceptors (Lipinski definition) is 2. The van der Waals surface area contributed by atoms with Crippen LogP contribution >= 0.6 is 27.5 Å². The van der Waals surface area contributed by atoms with Crippen LogP contribution in [0.2, 0.25) is 5.02 Å². The molecule has 1 aromatic carbocycles. The van der Waals surface area contributed by atoms with Gasteiger partial charge in [-0.1, -0.05) is 24.6 Å². The molecule has 1 aliphatic rings. The fourth-order valence-corrected chi connectivity index (χ4v) is 2.84. The molecule has 0 radical (unpaired) electrons. The Morgan fingerprint density at radius 1 is 1.61 bits per heavy atom. The zero-order valence-electron chi connectivity index (χ0n) is 9.84. The molecule has 0 heterocycles. The van der Waals surface area contributed by atoms with Gasteiger partial charge in [0, 0.05) is 0 Å². The number of nitrogens with one attached hydrogen (secondary N) is 1. The Morgan fingerprint density at radius 3 is 2.83 bits per heavy atom. The number of anilines is 1. The van der Waals surface area contributed by atoms with Gasteiger partial charge in [0.2, 0.25) is 5.91 Å². The maximum absolute atomic E-state index is 12.2. The molecule has 0 atom stereocenters. The van der Waals surface area contributed by atoms with Crippen LogP contribution < -0.4 is 5.32 Å². The summed E-state index contributed by atoms with van der Waals surface area (Å²) in [5.74, 6) is 0.185. The predicted octanol–water partition coefficient (Wildman–Crippen LogP) is 3.98. The van der Waals surface area contributed by atoms with E-state index in [-0.39, 0.29) is 5.91 Å². The van der Waals surface area contributed by atoms with Crippen molar-refractivity contribution in [3.63, 3.8) is 0 Å². The normalized spacial score (nSPS) is 26.0. The average molecular weight is 328 g/mol. The minimum absolute atomic E-state index is 0.244. The molecule has 1 fully saturated rings. The molecule has 3 nitrogen and oxygen atoms in total. The minimum Gasteiger partial charge on any atom is -0.324 e. The standard InChI is InChI=1S/C13H12BrClN2O/c1-8-5-13(6-8,7-16)12(18)17-10-4-2-3-9(15)11(10)14/h2-4,8H,5-6H2,1H3,(H,17,18). The van der Waals surface area contributed by atoms with Gasteiger partial charge in [-0.15, -0.1) is 0 Å². The Balaban J connectivity index is 2.18. The molecule has 5 heteroatoms. The van der Waals surface area contributed by atoms with Gasteiger partial charge in [0.25, 0.3) is 0 Å². The van der Waals surface area contributed by atoms with E-state index in [4.69, 9.17) is 11.6 Å². The van der Waals surface area contributed by atoms with Gasteiger partial charge in [-0.2, -0.15) is 5.26 Å². The molecule has 18 heavy (non-hydrogen) atoms. The van der Waals surface area contributed by atoms with E-state index in [1.54, 1.807) is 18.2 Å². The topological polar surface area (TPSA) is 52.9 Å². The summed E-state index contributed by atoms with van der Waals surface area (Å²) in [4.78, 5) is 12.2. The van der Waals surface area contributed by atoms with Crippen molar-refractivity contribution in [2.24, 2.45) is 11.3 Å². The second-order valence-corrected chi connectivity index (χ2v) is 5.96. The Kier molecular flexibility index (Phi) is 3.65. The average Bonchev–Trinajstić information content (AvgIpc) is 2.30. The van der Waals surface area contributed by atoms with Crippen molar-refractivity contribution < 1.29 is 4.79 Å². The molecule has 0 saturated heterocycles. The second-order valence-electron chi connectivity index (χ2n) is 4.76. The molecule has 0 spiro atoms. The summed E-state index contributed by atoms with van der Waals surface area (Å²) < 4.78 is 0.639. The highest BCUT2D eigenvalue weighted by atomic mass is 79.9.